The number of rotatable bonds is 0. The molecule has 0 spiro atoms. The van der Waals surface area contributed by atoms with Gasteiger partial charge < -0.3 is 8.82 Å². The summed E-state index contributed by atoms with van der Waals surface area (Å²) in [5.41, 5.74) is 21.1. The van der Waals surface area contributed by atoms with Crippen molar-refractivity contribution in [3.05, 3.63) is 329 Å². The number of hydrogen-bond acceptors (Lipinski definition) is 13. The van der Waals surface area contributed by atoms with Gasteiger partial charge in [-0.25, -0.2) is 42.6 Å². The molecule has 12 aromatic heterocycles. The maximum atomic E-state index is 13.8. The first-order valence-electron chi connectivity index (χ1n) is 45.0. The summed E-state index contributed by atoms with van der Waals surface area (Å²) in [4.78, 5) is 45.1. The average Bonchev–Trinajstić information content (AvgIpc) is 1.41. The Hall–Kier alpha value is -12.0. The molecule has 131 heavy (non-hydrogen) atoms. The Kier molecular flexibility index (Phi) is 36.2. The second-order valence-electron chi connectivity index (χ2n) is 40.9. The van der Waals surface area contributed by atoms with Crippen LogP contribution < -0.4 is 0 Å². The van der Waals surface area contributed by atoms with Crippen molar-refractivity contribution in [3.8, 4) is 0 Å². The van der Waals surface area contributed by atoms with Crippen LogP contribution in [-0.2, 0) is 48.7 Å². The molecule has 0 unspecified atom stereocenters. The Labute approximate surface area is 782 Å². The molecule has 0 saturated carbocycles. The minimum atomic E-state index is -0.215. The number of furan rings is 1. The Morgan fingerprint density at radius 2 is 0.748 bits per heavy atom. The van der Waals surface area contributed by atoms with Crippen molar-refractivity contribution in [2.75, 3.05) is 0 Å². The number of aromatic nitrogens is 13. The number of para-hydroxylation sites is 5. The summed E-state index contributed by atoms with van der Waals surface area (Å²) in [6, 6.07) is 69.0. The monoisotopic (exact) mass is 1790 g/mol. The molecule has 0 aliphatic rings. The van der Waals surface area contributed by atoms with Crippen LogP contribution in [0.4, 0.5) is 13.2 Å². The molecule has 0 N–H and O–H groups in total. The SMILES string of the molecule is C.CC.CC.CC(C)(C)c1cc2ccccn2n1.CC(C)(C)c1ccc2c(F)cccc2n1.CC(C)(C)c1ccc2cc(F)ccc2n1.CC(C)(C)c1ccc2occc2n1.CC(C)(C)c1cn2ccccc2n1.CC(C)(C)c1cnc2ccccc2n1.CC(C)(C)c1cnc2ccccc2n1.CC(C)(C)c1nc2ccccc2s1.Cc1ccc2nc(C(C)(C)C)ccc2c1F. The first kappa shape index (κ1) is 106. The summed E-state index contributed by atoms with van der Waals surface area (Å²) in [5, 5.41) is 7.76. The van der Waals surface area contributed by atoms with E-state index in [1.165, 1.54) is 27.9 Å². The number of imidazole rings is 1. The normalized spacial score (nSPS) is 11.7. The number of nitrogens with zero attached hydrogens (tertiary/aromatic N) is 13. The number of halogens is 3. The van der Waals surface area contributed by atoms with E-state index in [9.17, 15) is 13.2 Å². The third-order valence-electron chi connectivity index (χ3n) is 20.3. The Morgan fingerprint density at radius 3 is 1.25 bits per heavy atom. The maximum Gasteiger partial charge on any atom is 0.152 e. The van der Waals surface area contributed by atoms with Gasteiger partial charge in [0, 0.05) is 125 Å². The van der Waals surface area contributed by atoms with Crippen LogP contribution in [0.2, 0.25) is 0 Å². The molecule has 18 aromatic rings. The average molecular weight is 1790 g/mol. The molecule has 0 radical (unpaired) electrons. The zero-order valence-corrected chi connectivity index (χ0v) is 83.8. The molecule has 692 valence electrons. The molecule has 18 rings (SSSR count). The van der Waals surface area contributed by atoms with Crippen LogP contribution in [0.5, 0.6) is 0 Å². The fraction of sp³-hybridized carbons (Fsp3) is 0.372. The molecule has 6 aromatic carbocycles. The molecule has 18 heteroatoms. The zero-order chi connectivity index (χ0) is 96.3. The molecule has 0 aliphatic heterocycles. The van der Waals surface area contributed by atoms with E-state index in [-0.39, 0.29) is 73.6 Å². The molecule has 0 atom stereocenters. The van der Waals surface area contributed by atoms with Crippen molar-refractivity contribution in [3.63, 3.8) is 0 Å². The minimum absolute atomic E-state index is 0. The van der Waals surface area contributed by atoms with Gasteiger partial charge in [-0.15, -0.1) is 11.3 Å². The first-order valence-corrected chi connectivity index (χ1v) is 45.8. The van der Waals surface area contributed by atoms with Crippen molar-refractivity contribution in [1.82, 2.24) is 63.9 Å². The Bertz CT molecular complexity index is 6290. The summed E-state index contributed by atoms with van der Waals surface area (Å²) in [6.07, 6.45) is 11.5. The second-order valence-corrected chi connectivity index (χ2v) is 41.9. The molecule has 12 heterocycles. The van der Waals surface area contributed by atoms with Gasteiger partial charge in [0.2, 0.25) is 0 Å². The van der Waals surface area contributed by atoms with Gasteiger partial charge in [0.1, 0.15) is 28.6 Å². The van der Waals surface area contributed by atoms with Gasteiger partial charge in [0.15, 0.2) is 5.58 Å². The topological polar surface area (TPSA) is 164 Å². The largest absolute Gasteiger partial charge is 0.463 e. The fourth-order valence-corrected chi connectivity index (χ4v) is 13.5. The van der Waals surface area contributed by atoms with E-state index in [4.69, 9.17) is 4.42 Å². The summed E-state index contributed by atoms with van der Waals surface area (Å²) < 4.78 is 50.6. The quantitative estimate of drug-likeness (QED) is 0.141. The Balaban J connectivity index is 0.000000200. The highest BCUT2D eigenvalue weighted by atomic mass is 32.1. The van der Waals surface area contributed by atoms with E-state index >= 15 is 0 Å². The van der Waals surface area contributed by atoms with Crippen molar-refractivity contribution >= 4 is 98.6 Å². The summed E-state index contributed by atoms with van der Waals surface area (Å²) in [6.45, 7) is 67.7. The van der Waals surface area contributed by atoms with Crippen LogP contribution in [-0.4, -0.2) is 63.9 Å². The van der Waals surface area contributed by atoms with Crippen molar-refractivity contribution < 1.29 is 17.6 Å². The van der Waals surface area contributed by atoms with Gasteiger partial charge in [-0.3, -0.25) is 24.9 Å². The lowest BCUT2D eigenvalue weighted by Crippen LogP contribution is -2.13. The van der Waals surface area contributed by atoms with Crippen LogP contribution in [0, 0.1) is 24.4 Å². The molecule has 0 amide bonds. The summed E-state index contributed by atoms with van der Waals surface area (Å²) in [7, 11) is 0. The van der Waals surface area contributed by atoms with Crippen molar-refractivity contribution in [2.24, 2.45) is 0 Å². The van der Waals surface area contributed by atoms with Gasteiger partial charge in [0.25, 0.3) is 0 Å². The molecular weight excluding hydrogens is 1640 g/mol. The number of hydrogen-bond donors (Lipinski definition) is 0. The van der Waals surface area contributed by atoms with Crippen LogP contribution in [0.25, 0.3) is 87.3 Å². The van der Waals surface area contributed by atoms with Gasteiger partial charge >= 0.3 is 0 Å². The van der Waals surface area contributed by atoms with Crippen LogP contribution in [0.1, 0.15) is 278 Å². The highest BCUT2D eigenvalue weighted by molar-refractivity contribution is 7.18. The van der Waals surface area contributed by atoms with E-state index in [0.717, 1.165) is 117 Å². The molecule has 0 saturated heterocycles. The second kappa shape index (κ2) is 44.7. The molecular formula is C113H142F3N13OS. The van der Waals surface area contributed by atoms with E-state index in [0.29, 0.717) is 16.3 Å². The fourth-order valence-electron chi connectivity index (χ4n) is 12.4. The van der Waals surface area contributed by atoms with Crippen LogP contribution >= 0.6 is 11.3 Å². The lowest BCUT2D eigenvalue weighted by molar-refractivity contribution is 0.562. The first-order chi connectivity index (χ1) is 60.8. The van der Waals surface area contributed by atoms with Gasteiger partial charge in [-0.2, -0.15) is 5.10 Å². The molecule has 0 fully saturated rings. The lowest BCUT2D eigenvalue weighted by Gasteiger charge is -2.18. The highest BCUT2D eigenvalue weighted by Gasteiger charge is 2.24. The van der Waals surface area contributed by atoms with E-state index in [1.54, 1.807) is 48.8 Å². The van der Waals surface area contributed by atoms with Gasteiger partial charge in [0.05, 0.1) is 88.4 Å². The predicted octanol–water partition coefficient (Wildman–Crippen LogP) is 31.8. The van der Waals surface area contributed by atoms with Crippen LogP contribution in [0.3, 0.4) is 0 Å². The van der Waals surface area contributed by atoms with Crippen LogP contribution in [0.15, 0.2) is 260 Å². The number of pyridine rings is 6. The predicted molar refractivity (Wildman–Crippen MR) is 551 cm³/mol. The lowest BCUT2D eigenvalue weighted by atomic mass is 9.91. The Morgan fingerprint density at radius 1 is 0.321 bits per heavy atom. The van der Waals surface area contributed by atoms with Gasteiger partial charge in [-0.1, -0.05) is 289 Å². The van der Waals surface area contributed by atoms with Gasteiger partial charge in [-0.05, 0) is 158 Å². The van der Waals surface area contributed by atoms with E-state index < -0.39 is 0 Å². The minimum Gasteiger partial charge on any atom is -0.463 e. The molecule has 14 nitrogen and oxygen atoms in total. The van der Waals surface area contributed by atoms with E-state index in [1.807, 2.05) is 203 Å². The van der Waals surface area contributed by atoms with E-state index in [2.05, 4.69) is 283 Å². The molecule has 0 bridgehead atoms. The number of thiazole rings is 1. The zero-order valence-electron chi connectivity index (χ0n) is 83.0. The maximum absolute atomic E-state index is 13.8. The molecule has 0 aliphatic carbocycles. The highest BCUT2D eigenvalue weighted by Crippen LogP contribution is 2.34. The number of benzene rings is 6. The third kappa shape index (κ3) is 30.3. The van der Waals surface area contributed by atoms with Crippen molar-refractivity contribution in [2.45, 2.75) is 278 Å². The summed E-state index contributed by atoms with van der Waals surface area (Å²) in [5.74, 6) is -0.585. The van der Waals surface area contributed by atoms with Crippen molar-refractivity contribution in [1.29, 1.82) is 0 Å². The standard InChI is InChI=1S/C14H16FN.2C13H14FN.2C12H14N2.2C11H14N2.C11H13NO.C11H13NS.2C2H6.CH4/c1-9-5-7-11-10(13(9)15)6-8-12(16-11)14(2,3)4;1-13(2,3)12-7-4-9-8-10(14)5-6-11(9)15-12;1-13(2,3)12-8-7-9-10(14)5-4-6-11(9)15-12;2*1-12(2,3)11-8-13-9-6-4-5-7-10(9)14-11;1-11(2,3)9-8-13-7-5-4-6-10(13)12-9;1-11(2,3)10-8-9-6-4-5-7-13(9)12-10;1-11(2,3)10-5-4-9-8(12-10)6-7-13-9;1-11(2,3)10-12-8-6-4-5-7-9(8)13-10;2*1-2;/h5-8H,1-4H3;2*4-8H,1-3H3;2*4-8H,1-3H3;2*4-8H,1-3H3;2*4-7H,1-3H3;2*1-2H3;1H4. The number of fused-ring (bicyclic) bond motifs is 9. The smallest absolute Gasteiger partial charge is 0.152 e. The third-order valence-corrected chi connectivity index (χ3v) is 21.8. The number of aryl methyl sites for hydroxylation is 1. The summed E-state index contributed by atoms with van der Waals surface area (Å²) >= 11 is 1.79.